The smallest absolute Gasteiger partial charge is 0.260 e. The van der Waals surface area contributed by atoms with Gasteiger partial charge in [-0.05, 0) is 11.1 Å². The van der Waals surface area contributed by atoms with Gasteiger partial charge in [0, 0.05) is 5.92 Å². The van der Waals surface area contributed by atoms with Crippen LogP contribution < -0.4 is 5.73 Å². The van der Waals surface area contributed by atoms with Crippen LogP contribution in [0.15, 0.2) is 4.52 Å². The zero-order valence-electron chi connectivity index (χ0n) is 7.03. The first kappa shape index (κ1) is 8.04. The van der Waals surface area contributed by atoms with Crippen molar-refractivity contribution in [2.75, 3.05) is 5.73 Å². The van der Waals surface area contributed by atoms with Gasteiger partial charge in [-0.1, -0.05) is 20.8 Å². The lowest BCUT2D eigenvalue weighted by Crippen LogP contribution is -2.02. The number of nitrogens with two attached hydrogens (primary N) is 1. The Labute approximate surface area is 65.8 Å². The summed E-state index contributed by atoms with van der Waals surface area (Å²) in [6.07, 6.45) is 0. The predicted molar refractivity (Wildman–Crippen MR) is 42.0 cm³/mol. The van der Waals surface area contributed by atoms with E-state index in [1.165, 1.54) is 0 Å². The molecule has 4 heteroatoms. The molecule has 0 saturated carbocycles. The van der Waals surface area contributed by atoms with Crippen LogP contribution in [-0.4, -0.2) is 10.1 Å². The Balaban J connectivity index is 2.76. The standard InChI is InChI=1S/C7H13N3O/c1-4(2)5(3)6-9-7(8)10-11-6/h4-5H,1-3H3,(H2,8,10). The Kier molecular flexibility index (Phi) is 2.12. The summed E-state index contributed by atoms with van der Waals surface area (Å²) in [5, 5.41) is 3.51. The van der Waals surface area contributed by atoms with Crippen molar-refractivity contribution in [3.05, 3.63) is 5.89 Å². The highest BCUT2D eigenvalue weighted by Crippen LogP contribution is 2.21. The van der Waals surface area contributed by atoms with Gasteiger partial charge in [-0.3, -0.25) is 0 Å². The molecule has 0 radical (unpaired) electrons. The lowest BCUT2D eigenvalue weighted by molar-refractivity contribution is 0.332. The van der Waals surface area contributed by atoms with E-state index in [4.69, 9.17) is 10.3 Å². The van der Waals surface area contributed by atoms with Gasteiger partial charge < -0.3 is 10.3 Å². The maximum absolute atomic E-state index is 5.30. The van der Waals surface area contributed by atoms with Crippen LogP contribution in [0.25, 0.3) is 0 Å². The largest absolute Gasteiger partial charge is 0.365 e. The highest BCUT2D eigenvalue weighted by molar-refractivity contribution is 5.11. The number of nitrogen functional groups attached to an aromatic ring is 1. The Hall–Kier alpha value is -1.06. The molecule has 1 rings (SSSR count). The molecule has 62 valence electrons. The maximum atomic E-state index is 5.30. The first-order valence-electron chi connectivity index (χ1n) is 3.70. The van der Waals surface area contributed by atoms with Crippen LogP contribution in [0.2, 0.25) is 0 Å². The predicted octanol–water partition coefficient (Wildman–Crippen LogP) is 1.41. The van der Waals surface area contributed by atoms with Gasteiger partial charge in [-0.2, -0.15) is 4.98 Å². The molecular formula is C7H13N3O. The first-order valence-corrected chi connectivity index (χ1v) is 3.70. The highest BCUT2D eigenvalue weighted by atomic mass is 16.5. The molecule has 11 heavy (non-hydrogen) atoms. The number of hydrogen-bond donors (Lipinski definition) is 1. The van der Waals surface area contributed by atoms with E-state index in [2.05, 4.69) is 24.0 Å². The van der Waals surface area contributed by atoms with Gasteiger partial charge in [0.25, 0.3) is 5.95 Å². The molecule has 0 saturated heterocycles. The van der Waals surface area contributed by atoms with Gasteiger partial charge in [0.05, 0.1) is 0 Å². The summed E-state index contributed by atoms with van der Waals surface area (Å²) in [5.74, 6) is 1.61. The Bertz CT molecular complexity index is 231. The van der Waals surface area contributed by atoms with Crippen molar-refractivity contribution in [3.8, 4) is 0 Å². The van der Waals surface area contributed by atoms with Crippen molar-refractivity contribution in [2.24, 2.45) is 5.92 Å². The number of nitrogens with zero attached hydrogens (tertiary/aromatic N) is 2. The van der Waals surface area contributed by atoms with Gasteiger partial charge in [-0.15, -0.1) is 0 Å². The van der Waals surface area contributed by atoms with Gasteiger partial charge in [-0.25, -0.2) is 0 Å². The lowest BCUT2D eigenvalue weighted by Gasteiger charge is -2.08. The number of anilines is 1. The van der Waals surface area contributed by atoms with Crippen molar-refractivity contribution in [1.29, 1.82) is 0 Å². The Morgan fingerprint density at radius 3 is 2.36 bits per heavy atom. The lowest BCUT2D eigenvalue weighted by atomic mass is 9.98. The molecule has 1 aromatic rings. The third kappa shape index (κ3) is 1.69. The SMILES string of the molecule is CC(C)C(C)c1nc(N)no1. The van der Waals surface area contributed by atoms with E-state index in [1.54, 1.807) is 0 Å². The molecule has 0 aliphatic rings. The summed E-state index contributed by atoms with van der Waals surface area (Å²) in [5.41, 5.74) is 5.30. The van der Waals surface area contributed by atoms with Gasteiger partial charge in [0.2, 0.25) is 5.89 Å². The van der Waals surface area contributed by atoms with Crippen LogP contribution >= 0.6 is 0 Å². The van der Waals surface area contributed by atoms with E-state index in [0.29, 0.717) is 11.8 Å². The van der Waals surface area contributed by atoms with Crippen molar-refractivity contribution in [2.45, 2.75) is 26.7 Å². The quantitative estimate of drug-likeness (QED) is 0.701. The summed E-state index contributed by atoms with van der Waals surface area (Å²) in [6, 6.07) is 0. The van der Waals surface area contributed by atoms with Crippen molar-refractivity contribution < 1.29 is 4.52 Å². The molecule has 2 N–H and O–H groups in total. The zero-order valence-corrected chi connectivity index (χ0v) is 7.03. The average molecular weight is 155 g/mol. The molecule has 0 aromatic carbocycles. The van der Waals surface area contributed by atoms with Crippen molar-refractivity contribution in [3.63, 3.8) is 0 Å². The fourth-order valence-electron chi connectivity index (χ4n) is 0.717. The normalized spacial score (nSPS) is 13.8. The molecule has 1 aromatic heterocycles. The van der Waals surface area contributed by atoms with Crippen LogP contribution in [0.3, 0.4) is 0 Å². The van der Waals surface area contributed by atoms with Crippen LogP contribution in [0.4, 0.5) is 5.95 Å². The van der Waals surface area contributed by atoms with Crippen molar-refractivity contribution >= 4 is 5.95 Å². The zero-order chi connectivity index (χ0) is 8.43. The number of aromatic nitrogens is 2. The monoisotopic (exact) mass is 155 g/mol. The van der Waals surface area contributed by atoms with Crippen LogP contribution in [0.5, 0.6) is 0 Å². The van der Waals surface area contributed by atoms with Gasteiger partial charge in [0.1, 0.15) is 0 Å². The van der Waals surface area contributed by atoms with Gasteiger partial charge >= 0.3 is 0 Å². The molecule has 0 bridgehead atoms. The third-order valence-corrected chi connectivity index (χ3v) is 1.85. The topological polar surface area (TPSA) is 64.9 Å². The second-order valence-electron chi connectivity index (χ2n) is 3.02. The minimum atomic E-state index is 0.215. The fourth-order valence-corrected chi connectivity index (χ4v) is 0.717. The summed E-state index contributed by atoms with van der Waals surface area (Å²) in [4.78, 5) is 3.93. The molecule has 1 unspecified atom stereocenters. The summed E-state index contributed by atoms with van der Waals surface area (Å²) >= 11 is 0. The summed E-state index contributed by atoms with van der Waals surface area (Å²) in [6.45, 7) is 6.24. The average Bonchev–Trinajstić information content (AvgIpc) is 2.34. The molecule has 4 nitrogen and oxygen atoms in total. The highest BCUT2D eigenvalue weighted by Gasteiger charge is 2.16. The molecule has 0 spiro atoms. The van der Waals surface area contributed by atoms with E-state index < -0.39 is 0 Å². The fraction of sp³-hybridized carbons (Fsp3) is 0.714. The van der Waals surface area contributed by atoms with E-state index in [9.17, 15) is 0 Å². The number of hydrogen-bond acceptors (Lipinski definition) is 4. The molecule has 0 fully saturated rings. The summed E-state index contributed by atoms with van der Waals surface area (Å²) < 4.78 is 4.90. The molecule has 1 atom stereocenters. The van der Waals surface area contributed by atoms with Crippen LogP contribution in [0, 0.1) is 5.92 Å². The third-order valence-electron chi connectivity index (χ3n) is 1.85. The maximum Gasteiger partial charge on any atom is 0.260 e. The second kappa shape index (κ2) is 2.90. The molecule has 0 amide bonds. The molecule has 1 heterocycles. The van der Waals surface area contributed by atoms with Crippen molar-refractivity contribution in [1.82, 2.24) is 10.1 Å². The van der Waals surface area contributed by atoms with E-state index in [1.807, 2.05) is 6.92 Å². The molecule has 0 aliphatic heterocycles. The van der Waals surface area contributed by atoms with E-state index in [-0.39, 0.29) is 11.9 Å². The minimum absolute atomic E-state index is 0.215. The summed E-state index contributed by atoms with van der Waals surface area (Å²) in [7, 11) is 0. The Morgan fingerprint density at radius 2 is 2.00 bits per heavy atom. The van der Waals surface area contributed by atoms with E-state index in [0.717, 1.165) is 0 Å². The Morgan fingerprint density at radius 1 is 1.36 bits per heavy atom. The first-order chi connectivity index (χ1) is 5.11. The molecule has 0 aliphatic carbocycles. The van der Waals surface area contributed by atoms with Gasteiger partial charge in [0.15, 0.2) is 0 Å². The van der Waals surface area contributed by atoms with Crippen LogP contribution in [0.1, 0.15) is 32.6 Å². The minimum Gasteiger partial charge on any atom is -0.365 e. The van der Waals surface area contributed by atoms with E-state index >= 15 is 0 Å². The molecular weight excluding hydrogens is 142 g/mol. The van der Waals surface area contributed by atoms with Crippen LogP contribution in [-0.2, 0) is 0 Å². The number of rotatable bonds is 2. The second-order valence-corrected chi connectivity index (χ2v) is 3.02.